The van der Waals surface area contributed by atoms with Crippen molar-refractivity contribution in [3.8, 4) is 11.5 Å². The fourth-order valence-electron chi connectivity index (χ4n) is 1.90. The minimum absolute atomic E-state index is 0.0568. The van der Waals surface area contributed by atoms with Gasteiger partial charge in [0.25, 0.3) is 5.91 Å². The van der Waals surface area contributed by atoms with E-state index in [1.165, 1.54) is 31.6 Å². The molecule has 1 heterocycles. The van der Waals surface area contributed by atoms with Crippen molar-refractivity contribution in [1.82, 2.24) is 4.98 Å². The molecule has 0 saturated heterocycles. The first-order valence-electron chi connectivity index (χ1n) is 7.05. The summed E-state index contributed by atoms with van der Waals surface area (Å²) in [4.78, 5) is 26.8. The molecular weight excluding hydrogens is 371 g/mol. The first-order valence-corrected chi connectivity index (χ1v) is 7.81. The number of carbonyl (C=O) groups is 2. The van der Waals surface area contributed by atoms with Crippen molar-refractivity contribution in [2.45, 2.75) is 6.42 Å². The maximum Gasteiger partial charge on any atom is 0.306 e. The van der Waals surface area contributed by atoms with Gasteiger partial charge in [-0.15, -0.1) is 0 Å². The normalized spacial score (nSPS) is 10.2. The van der Waals surface area contributed by atoms with E-state index < -0.39 is 11.9 Å². The lowest BCUT2D eigenvalue weighted by Crippen LogP contribution is -2.13. The number of hydrogen-bond donors (Lipinski definition) is 2. The van der Waals surface area contributed by atoms with Crippen molar-refractivity contribution in [2.75, 3.05) is 19.0 Å². The van der Waals surface area contributed by atoms with Crippen LogP contribution in [0.4, 0.5) is 5.69 Å². The summed E-state index contributed by atoms with van der Waals surface area (Å²) in [5, 5.41) is 11.7. The number of carboxylic acids is 1. The van der Waals surface area contributed by atoms with Gasteiger partial charge in [-0.05, 0) is 18.2 Å². The van der Waals surface area contributed by atoms with Crippen molar-refractivity contribution in [3.05, 3.63) is 46.2 Å². The minimum atomic E-state index is -0.991. The van der Waals surface area contributed by atoms with Crippen molar-refractivity contribution < 1.29 is 24.2 Å². The van der Waals surface area contributed by atoms with Gasteiger partial charge in [-0.2, -0.15) is 0 Å². The molecule has 2 N–H and O–H groups in total. The Labute approximate surface area is 153 Å². The number of aromatic nitrogens is 1. The summed E-state index contributed by atoms with van der Waals surface area (Å²) in [5.41, 5.74) is 0.502. The van der Waals surface area contributed by atoms with Crippen LogP contribution < -0.4 is 14.8 Å². The van der Waals surface area contributed by atoms with Crippen LogP contribution in [0.2, 0.25) is 10.0 Å². The van der Waals surface area contributed by atoms with Crippen molar-refractivity contribution in [3.63, 3.8) is 0 Å². The Kier molecular flexibility index (Phi) is 6.44. The minimum Gasteiger partial charge on any atom is -0.493 e. The third kappa shape index (κ3) is 4.98. The number of anilines is 1. The van der Waals surface area contributed by atoms with Crippen LogP contribution in [0.25, 0.3) is 0 Å². The summed E-state index contributed by atoms with van der Waals surface area (Å²) < 4.78 is 10.5. The molecule has 1 aromatic carbocycles. The van der Waals surface area contributed by atoms with Crippen LogP contribution in [0.1, 0.15) is 16.8 Å². The second-order valence-electron chi connectivity index (χ2n) is 4.79. The highest BCUT2D eigenvalue weighted by Crippen LogP contribution is 2.31. The number of rotatable bonds is 7. The van der Waals surface area contributed by atoms with E-state index in [0.717, 1.165) is 0 Å². The second kappa shape index (κ2) is 8.55. The third-order valence-corrected chi connectivity index (χ3v) is 3.66. The molecule has 0 unspecified atom stereocenters. The van der Waals surface area contributed by atoms with Crippen LogP contribution in [0.5, 0.6) is 11.5 Å². The molecule has 25 heavy (non-hydrogen) atoms. The van der Waals surface area contributed by atoms with Crippen LogP contribution >= 0.6 is 23.2 Å². The van der Waals surface area contributed by atoms with Gasteiger partial charge >= 0.3 is 5.97 Å². The van der Waals surface area contributed by atoms with E-state index in [9.17, 15) is 9.59 Å². The Balaban J connectivity index is 2.20. The number of carbonyl (C=O) groups excluding carboxylic acids is 1. The largest absolute Gasteiger partial charge is 0.493 e. The third-order valence-electron chi connectivity index (χ3n) is 3.09. The molecule has 0 atom stereocenters. The first-order chi connectivity index (χ1) is 11.9. The number of aliphatic carboxylic acids is 1. The van der Waals surface area contributed by atoms with Gasteiger partial charge < -0.3 is 19.9 Å². The lowest BCUT2D eigenvalue weighted by Gasteiger charge is -2.13. The highest BCUT2D eigenvalue weighted by Gasteiger charge is 2.15. The highest BCUT2D eigenvalue weighted by molar-refractivity contribution is 6.39. The number of pyridine rings is 1. The number of carboxylic acid groups (broad SMARTS) is 1. The molecule has 132 valence electrons. The Hall–Kier alpha value is -2.51. The standard InChI is InChI=1S/C16H14Cl2N2O5/c1-24-12-3-2-9(6-13(12)25-5-4-14(21)22)16(23)20-15-10(17)7-19-8-11(15)18/h2-3,6-8H,4-5H2,1H3,(H,21,22)(H,19,20,23). The summed E-state index contributed by atoms with van der Waals surface area (Å²) in [6.07, 6.45) is 2.54. The molecule has 0 aliphatic rings. The van der Waals surface area contributed by atoms with E-state index in [4.69, 9.17) is 37.8 Å². The van der Waals surface area contributed by atoms with Gasteiger partial charge in [0.15, 0.2) is 11.5 Å². The lowest BCUT2D eigenvalue weighted by atomic mass is 10.2. The molecular formula is C16H14Cl2N2O5. The summed E-state index contributed by atoms with van der Waals surface area (Å²) in [6.45, 7) is -0.0568. The van der Waals surface area contributed by atoms with Crippen molar-refractivity contribution >= 4 is 40.8 Å². The van der Waals surface area contributed by atoms with Crippen LogP contribution in [0.3, 0.4) is 0 Å². The quantitative estimate of drug-likeness (QED) is 0.757. The summed E-state index contributed by atoms with van der Waals surface area (Å²) in [6, 6.07) is 4.51. The molecule has 1 amide bonds. The Morgan fingerprint density at radius 2 is 1.88 bits per heavy atom. The monoisotopic (exact) mass is 384 g/mol. The van der Waals surface area contributed by atoms with Gasteiger partial charge in [0, 0.05) is 18.0 Å². The fraction of sp³-hybridized carbons (Fsp3) is 0.188. The average Bonchev–Trinajstić information content (AvgIpc) is 2.57. The topological polar surface area (TPSA) is 97.8 Å². The second-order valence-corrected chi connectivity index (χ2v) is 5.60. The summed E-state index contributed by atoms with van der Waals surface area (Å²) in [5.74, 6) is -0.833. The van der Waals surface area contributed by atoms with E-state index in [1.54, 1.807) is 6.07 Å². The van der Waals surface area contributed by atoms with Crippen LogP contribution in [0, 0.1) is 0 Å². The predicted molar refractivity (Wildman–Crippen MR) is 93.0 cm³/mol. The molecule has 2 aromatic rings. The molecule has 7 nitrogen and oxygen atoms in total. The zero-order chi connectivity index (χ0) is 18.4. The first kappa shape index (κ1) is 18.8. The molecule has 1 aromatic heterocycles. The number of halogens is 2. The van der Waals surface area contributed by atoms with Crippen molar-refractivity contribution in [2.24, 2.45) is 0 Å². The smallest absolute Gasteiger partial charge is 0.306 e. The highest BCUT2D eigenvalue weighted by atomic mass is 35.5. The predicted octanol–water partition coefficient (Wildman–Crippen LogP) is 3.50. The molecule has 0 fully saturated rings. The number of nitrogens with one attached hydrogen (secondary N) is 1. The molecule has 0 radical (unpaired) electrons. The van der Waals surface area contributed by atoms with Gasteiger partial charge in [-0.1, -0.05) is 23.2 Å². The van der Waals surface area contributed by atoms with E-state index in [0.29, 0.717) is 5.75 Å². The average molecular weight is 385 g/mol. The maximum atomic E-state index is 12.4. The van der Waals surface area contributed by atoms with E-state index in [-0.39, 0.29) is 40.1 Å². The Bertz CT molecular complexity index is 778. The number of methoxy groups -OCH3 is 1. The zero-order valence-electron chi connectivity index (χ0n) is 13.1. The Morgan fingerprint density at radius 3 is 2.48 bits per heavy atom. The summed E-state index contributed by atoms with van der Waals surface area (Å²) in [7, 11) is 1.44. The summed E-state index contributed by atoms with van der Waals surface area (Å²) >= 11 is 12.0. The van der Waals surface area contributed by atoms with E-state index in [1.807, 2.05) is 0 Å². The van der Waals surface area contributed by atoms with Gasteiger partial charge in [-0.3, -0.25) is 14.6 Å². The van der Waals surface area contributed by atoms with Crippen LogP contribution in [-0.4, -0.2) is 35.7 Å². The molecule has 9 heteroatoms. The van der Waals surface area contributed by atoms with Crippen LogP contribution in [-0.2, 0) is 4.79 Å². The lowest BCUT2D eigenvalue weighted by molar-refractivity contribution is -0.137. The number of ether oxygens (including phenoxy) is 2. The van der Waals surface area contributed by atoms with Crippen molar-refractivity contribution in [1.29, 1.82) is 0 Å². The maximum absolute atomic E-state index is 12.4. The number of hydrogen-bond acceptors (Lipinski definition) is 5. The van der Waals surface area contributed by atoms with Gasteiger partial charge in [-0.25, -0.2) is 0 Å². The molecule has 0 bridgehead atoms. The molecule has 0 aliphatic carbocycles. The number of amides is 1. The number of nitrogens with zero attached hydrogens (tertiary/aromatic N) is 1. The molecule has 0 aliphatic heterocycles. The van der Waals surface area contributed by atoms with Gasteiger partial charge in [0.2, 0.25) is 0 Å². The van der Waals surface area contributed by atoms with Crippen LogP contribution in [0.15, 0.2) is 30.6 Å². The fourth-order valence-corrected chi connectivity index (χ4v) is 2.35. The Morgan fingerprint density at radius 1 is 1.20 bits per heavy atom. The zero-order valence-corrected chi connectivity index (χ0v) is 14.6. The van der Waals surface area contributed by atoms with E-state index in [2.05, 4.69) is 10.3 Å². The molecule has 0 spiro atoms. The van der Waals surface area contributed by atoms with E-state index >= 15 is 0 Å². The molecule has 0 saturated carbocycles. The van der Waals surface area contributed by atoms with Gasteiger partial charge in [0.05, 0.1) is 35.9 Å². The molecule has 2 rings (SSSR count). The number of benzene rings is 1. The van der Waals surface area contributed by atoms with Gasteiger partial charge in [0.1, 0.15) is 0 Å². The SMILES string of the molecule is COc1ccc(C(=O)Nc2c(Cl)cncc2Cl)cc1OCCC(=O)O.